The van der Waals surface area contributed by atoms with Crippen molar-refractivity contribution in [2.24, 2.45) is 5.92 Å². The van der Waals surface area contributed by atoms with Gasteiger partial charge >= 0.3 is 5.97 Å². The molecule has 1 amide bonds. The van der Waals surface area contributed by atoms with Crippen LogP contribution >= 0.6 is 0 Å². The monoisotopic (exact) mass is 362 g/mol. The number of fused-ring (bicyclic) bond motifs is 1. The Morgan fingerprint density at radius 3 is 2.58 bits per heavy atom. The first kappa shape index (κ1) is 20.2. The van der Waals surface area contributed by atoms with Gasteiger partial charge in [-0.2, -0.15) is 0 Å². The largest absolute Gasteiger partial charge is 0.480 e. The summed E-state index contributed by atoms with van der Waals surface area (Å²) >= 11 is 0. The number of hydrogen-bond acceptors (Lipinski definition) is 3. The summed E-state index contributed by atoms with van der Waals surface area (Å²) in [4.78, 5) is 37.2. The Bertz CT molecular complexity index is 723. The first-order chi connectivity index (χ1) is 12.4. The molecule has 144 valence electrons. The van der Waals surface area contributed by atoms with Crippen molar-refractivity contribution in [2.75, 3.05) is 0 Å². The number of rotatable bonds is 8. The number of carbonyl (C=O) groups excluding carboxylic acids is 1. The average molecular weight is 362 g/mol. The Balaban J connectivity index is 2.40. The lowest BCUT2D eigenvalue weighted by atomic mass is 9.93. The summed E-state index contributed by atoms with van der Waals surface area (Å²) in [5.74, 6) is -1.87. The number of amides is 1. The molecule has 0 unspecified atom stereocenters. The van der Waals surface area contributed by atoms with Gasteiger partial charge in [-0.05, 0) is 49.7 Å². The van der Waals surface area contributed by atoms with E-state index in [1.165, 1.54) is 0 Å². The molecule has 0 saturated carbocycles. The van der Waals surface area contributed by atoms with Crippen LogP contribution in [0.3, 0.4) is 0 Å². The van der Waals surface area contributed by atoms with Crippen LogP contribution in [-0.2, 0) is 24.2 Å². The van der Waals surface area contributed by atoms with Crippen LogP contribution in [0.15, 0.2) is 10.9 Å². The number of hydrogen-bond donors (Lipinski definition) is 2. The third-order valence-electron chi connectivity index (χ3n) is 5.35. The molecule has 1 aromatic rings. The molecule has 0 aromatic carbocycles. The number of nitrogens with one attached hydrogen (secondary N) is 1. The lowest BCUT2D eigenvalue weighted by molar-refractivity contribution is -0.140. The fraction of sp³-hybridized carbons (Fsp3) is 0.650. The summed E-state index contributed by atoms with van der Waals surface area (Å²) in [6, 6.07) is 0.691. The van der Waals surface area contributed by atoms with Gasteiger partial charge in [0.15, 0.2) is 0 Å². The molecular formula is C20H30N2O4. The van der Waals surface area contributed by atoms with Crippen molar-refractivity contribution >= 4 is 11.9 Å². The predicted molar refractivity (Wildman–Crippen MR) is 101 cm³/mol. The van der Waals surface area contributed by atoms with Crippen molar-refractivity contribution < 1.29 is 14.7 Å². The summed E-state index contributed by atoms with van der Waals surface area (Å²) in [7, 11) is 0. The number of aromatic nitrogens is 1. The molecule has 0 saturated heterocycles. The Morgan fingerprint density at radius 2 is 1.96 bits per heavy atom. The van der Waals surface area contributed by atoms with Crippen molar-refractivity contribution in [1.82, 2.24) is 9.88 Å². The molecule has 1 aliphatic carbocycles. The lowest BCUT2D eigenvalue weighted by Crippen LogP contribution is -2.47. The van der Waals surface area contributed by atoms with Crippen LogP contribution in [0.5, 0.6) is 0 Å². The molecule has 6 nitrogen and oxygen atoms in total. The second-order valence-corrected chi connectivity index (χ2v) is 7.22. The highest BCUT2D eigenvalue weighted by molar-refractivity contribution is 5.96. The number of carboxylic acid groups (broad SMARTS) is 1. The molecule has 0 spiro atoms. The van der Waals surface area contributed by atoms with Gasteiger partial charge in [-0.15, -0.1) is 0 Å². The van der Waals surface area contributed by atoms with E-state index in [0.717, 1.165) is 49.8 Å². The maximum atomic E-state index is 12.9. The number of aliphatic carboxylic acids is 1. The van der Waals surface area contributed by atoms with Gasteiger partial charge in [-0.25, -0.2) is 4.79 Å². The standard InChI is InChI=1S/C20H30N2O4/c1-4-6-11-22-16-10-8-7-9-14(16)12-15(19(22)24)18(23)21-17(20(25)26)13(3)5-2/h12-13,17H,4-11H2,1-3H3,(H,21,23)(H,25,26)/t13-,17+/m1/s1. The number of aryl methyl sites for hydroxylation is 1. The SMILES string of the molecule is CCCCn1c2c(cc(C(=O)N[C@H](C(=O)O)[C@H](C)CC)c1=O)CCCC2. The Kier molecular flexibility index (Phi) is 7.00. The Hall–Kier alpha value is -2.11. The van der Waals surface area contributed by atoms with Gasteiger partial charge in [0.05, 0.1) is 0 Å². The highest BCUT2D eigenvalue weighted by Gasteiger charge is 2.28. The molecule has 0 bridgehead atoms. The molecule has 2 rings (SSSR count). The van der Waals surface area contributed by atoms with Crippen molar-refractivity contribution in [2.45, 2.75) is 78.3 Å². The number of unbranched alkanes of at least 4 members (excludes halogenated alkanes) is 1. The third kappa shape index (κ3) is 4.34. The predicted octanol–water partition coefficient (Wildman–Crippen LogP) is 2.76. The normalized spacial score (nSPS) is 15.8. The highest BCUT2D eigenvalue weighted by atomic mass is 16.4. The summed E-state index contributed by atoms with van der Waals surface area (Å²) < 4.78 is 1.74. The Labute approximate surface area is 154 Å². The first-order valence-corrected chi connectivity index (χ1v) is 9.69. The summed E-state index contributed by atoms with van der Waals surface area (Å²) in [5, 5.41) is 12.0. The summed E-state index contributed by atoms with van der Waals surface area (Å²) in [6.45, 7) is 6.33. The molecule has 2 atom stereocenters. The van der Waals surface area contributed by atoms with Crippen LogP contribution in [-0.4, -0.2) is 27.6 Å². The molecule has 1 aromatic heterocycles. The zero-order valence-electron chi connectivity index (χ0n) is 16.0. The maximum Gasteiger partial charge on any atom is 0.326 e. The molecule has 2 N–H and O–H groups in total. The van der Waals surface area contributed by atoms with Crippen LogP contribution in [0, 0.1) is 5.92 Å². The van der Waals surface area contributed by atoms with Crippen molar-refractivity contribution in [1.29, 1.82) is 0 Å². The van der Waals surface area contributed by atoms with Crippen LogP contribution in [0.4, 0.5) is 0 Å². The van der Waals surface area contributed by atoms with Gasteiger partial charge in [-0.1, -0.05) is 33.6 Å². The van der Waals surface area contributed by atoms with Crippen molar-refractivity contribution in [3.8, 4) is 0 Å². The fourth-order valence-corrected chi connectivity index (χ4v) is 3.50. The molecule has 1 heterocycles. The smallest absolute Gasteiger partial charge is 0.326 e. The van der Waals surface area contributed by atoms with Gasteiger partial charge in [0, 0.05) is 12.2 Å². The number of pyridine rings is 1. The van der Waals surface area contributed by atoms with E-state index in [0.29, 0.717) is 13.0 Å². The van der Waals surface area contributed by atoms with Crippen molar-refractivity contribution in [3.05, 3.63) is 33.2 Å². The highest BCUT2D eigenvalue weighted by Crippen LogP contribution is 2.21. The van der Waals surface area contributed by atoms with Gasteiger partial charge in [0.2, 0.25) is 0 Å². The lowest BCUT2D eigenvalue weighted by Gasteiger charge is -2.24. The van der Waals surface area contributed by atoms with Gasteiger partial charge < -0.3 is 15.0 Å². The quantitative estimate of drug-likeness (QED) is 0.744. The second kappa shape index (κ2) is 9.01. The van der Waals surface area contributed by atoms with Crippen LogP contribution in [0.2, 0.25) is 0 Å². The van der Waals surface area contributed by atoms with Gasteiger partial charge in [0.1, 0.15) is 11.6 Å². The molecule has 6 heteroatoms. The van der Waals surface area contributed by atoms with E-state index in [1.54, 1.807) is 17.6 Å². The minimum Gasteiger partial charge on any atom is -0.480 e. The van der Waals surface area contributed by atoms with E-state index in [-0.39, 0.29) is 17.0 Å². The number of carboxylic acids is 1. The topological polar surface area (TPSA) is 88.4 Å². The zero-order valence-corrected chi connectivity index (χ0v) is 16.0. The van der Waals surface area contributed by atoms with Crippen LogP contribution < -0.4 is 10.9 Å². The van der Waals surface area contributed by atoms with Gasteiger partial charge in [0.25, 0.3) is 11.5 Å². The summed E-state index contributed by atoms with van der Waals surface area (Å²) in [5.41, 5.74) is 1.86. The first-order valence-electron chi connectivity index (χ1n) is 9.69. The summed E-state index contributed by atoms with van der Waals surface area (Å²) in [6.07, 6.45) is 6.29. The molecule has 0 aliphatic heterocycles. The minimum absolute atomic E-state index is 0.0660. The van der Waals surface area contributed by atoms with E-state index >= 15 is 0 Å². The van der Waals surface area contributed by atoms with E-state index in [1.807, 2.05) is 6.92 Å². The molecule has 26 heavy (non-hydrogen) atoms. The third-order valence-corrected chi connectivity index (χ3v) is 5.35. The molecule has 0 radical (unpaired) electrons. The minimum atomic E-state index is -1.07. The molecule has 0 fully saturated rings. The average Bonchev–Trinajstić information content (AvgIpc) is 2.63. The number of carbonyl (C=O) groups is 2. The Morgan fingerprint density at radius 1 is 1.27 bits per heavy atom. The maximum absolute atomic E-state index is 12.9. The molecular weight excluding hydrogens is 332 g/mol. The van der Waals surface area contributed by atoms with E-state index in [4.69, 9.17) is 0 Å². The van der Waals surface area contributed by atoms with Crippen LogP contribution in [0.25, 0.3) is 0 Å². The number of nitrogens with zero attached hydrogens (tertiary/aromatic N) is 1. The van der Waals surface area contributed by atoms with Crippen LogP contribution in [0.1, 0.15) is 74.5 Å². The van der Waals surface area contributed by atoms with Crippen molar-refractivity contribution in [3.63, 3.8) is 0 Å². The second-order valence-electron chi connectivity index (χ2n) is 7.22. The van der Waals surface area contributed by atoms with E-state index in [9.17, 15) is 19.5 Å². The van der Waals surface area contributed by atoms with Gasteiger partial charge in [-0.3, -0.25) is 9.59 Å². The zero-order chi connectivity index (χ0) is 19.3. The molecule has 1 aliphatic rings. The van der Waals surface area contributed by atoms with E-state index in [2.05, 4.69) is 12.2 Å². The van der Waals surface area contributed by atoms with E-state index < -0.39 is 17.9 Å². The fourth-order valence-electron chi connectivity index (χ4n) is 3.50.